The fourth-order valence-corrected chi connectivity index (χ4v) is 9.09. The molecule has 31 heavy (non-hydrogen) atoms. The van der Waals surface area contributed by atoms with Crippen LogP contribution in [0.15, 0.2) is 24.3 Å². The summed E-state index contributed by atoms with van der Waals surface area (Å²) in [5, 5.41) is 1.76. The van der Waals surface area contributed by atoms with Gasteiger partial charge in [-0.25, -0.2) is 0 Å². The van der Waals surface area contributed by atoms with Gasteiger partial charge in [-0.3, -0.25) is 0 Å². The molecule has 1 atom stereocenters. The summed E-state index contributed by atoms with van der Waals surface area (Å²) in [6.07, 6.45) is 15.2. The van der Waals surface area contributed by atoms with Crippen LogP contribution in [0.3, 0.4) is 0 Å². The van der Waals surface area contributed by atoms with Crippen molar-refractivity contribution >= 4 is 23.2 Å². The molecular formula is C28H39Cl2N. The molecule has 0 amide bonds. The van der Waals surface area contributed by atoms with Crippen molar-refractivity contribution in [3.05, 3.63) is 45.5 Å². The van der Waals surface area contributed by atoms with E-state index in [-0.39, 0.29) is 5.54 Å². The van der Waals surface area contributed by atoms with Gasteiger partial charge in [0.15, 0.2) is 0 Å². The first-order valence-electron chi connectivity index (χ1n) is 12.8. The van der Waals surface area contributed by atoms with E-state index in [2.05, 4.69) is 25.6 Å². The highest BCUT2D eigenvalue weighted by Crippen LogP contribution is 2.61. The largest absolute Gasteiger partial charge is 0.321 e. The van der Waals surface area contributed by atoms with Crippen LogP contribution in [0, 0.1) is 29.6 Å². The summed E-state index contributed by atoms with van der Waals surface area (Å²) in [5.74, 6) is 4.62. The summed E-state index contributed by atoms with van der Waals surface area (Å²) < 4.78 is 0. The summed E-state index contributed by atoms with van der Waals surface area (Å²) in [5.41, 5.74) is 10.3. The fraction of sp³-hybridized carbons (Fsp3) is 0.714. The average Bonchev–Trinajstić information content (AvgIpc) is 2.74. The molecule has 2 N–H and O–H groups in total. The Hall–Kier alpha value is -0.500. The van der Waals surface area contributed by atoms with Gasteiger partial charge in [0.2, 0.25) is 0 Å². The molecule has 1 aromatic rings. The van der Waals surface area contributed by atoms with Gasteiger partial charge in [-0.2, -0.15) is 0 Å². The Morgan fingerprint density at radius 1 is 0.968 bits per heavy atom. The van der Waals surface area contributed by atoms with Gasteiger partial charge in [-0.1, -0.05) is 61.5 Å². The SMILES string of the molecule is C=C(Cc1cc(Cl)c(C2C3CC4CC(C3)CC2C4)c(Cl)c1)C(N)(CC)C1CCCCC1. The zero-order valence-corrected chi connectivity index (χ0v) is 20.7. The van der Waals surface area contributed by atoms with Crippen molar-refractivity contribution in [2.75, 3.05) is 0 Å². The minimum Gasteiger partial charge on any atom is -0.321 e. The van der Waals surface area contributed by atoms with E-state index in [0.717, 1.165) is 52.1 Å². The van der Waals surface area contributed by atoms with E-state index in [9.17, 15) is 0 Å². The third kappa shape index (κ3) is 4.02. The molecular weight excluding hydrogens is 421 g/mol. The molecule has 5 aliphatic rings. The van der Waals surface area contributed by atoms with Gasteiger partial charge >= 0.3 is 0 Å². The second-order valence-electron chi connectivity index (χ2n) is 11.4. The Morgan fingerprint density at radius 2 is 1.52 bits per heavy atom. The van der Waals surface area contributed by atoms with Gasteiger partial charge < -0.3 is 5.73 Å². The number of hydrogen-bond acceptors (Lipinski definition) is 1. The fourth-order valence-electron chi connectivity index (χ4n) is 8.31. The van der Waals surface area contributed by atoms with E-state index in [1.54, 1.807) is 0 Å². The Labute approximate surface area is 199 Å². The van der Waals surface area contributed by atoms with Crippen LogP contribution in [0.2, 0.25) is 10.0 Å². The summed E-state index contributed by atoms with van der Waals surface area (Å²) in [6.45, 7) is 6.71. The molecule has 0 aliphatic heterocycles. The summed E-state index contributed by atoms with van der Waals surface area (Å²) in [7, 11) is 0. The molecule has 5 aliphatic carbocycles. The predicted octanol–water partition coefficient (Wildman–Crippen LogP) is 8.32. The maximum Gasteiger partial charge on any atom is 0.0458 e. The number of benzene rings is 1. The highest BCUT2D eigenvalue weighted by Gasteiger charge is 2.49. The number of hydrogen-bond donors (Lipinski definition) is 1. The molecule has 170 valence electrons. The van der Waals surface area contributed by atoms with Gasteiger partial charge in [0.25, 0.3) is 0 Å². The van der Waals surface area contributed by atoms with Crippen LogP contribution in [0.1, 0.15) is 94.6 Å². The Bertz CT molecular complexity index is 788. The first kappa shape index (κ1) is 22.3. The lowest BCUT2D eigenvalue weighted by molar-refractivity contribution is -0.00272. The maximum absolute atomic E-state index is 7.00. The van der Waals surface area contributed by atoms with E-state index < -0.39 is 0 Å². The van der Waals surface area contributed by atoms with Crippen molar-refractivity contribution < 1.29 is 0 Å². The third-order valence-corrected chi connectivity index (χ3v) is 10.3. The molecule has 1 unspecified atom stereocenters. The quantitative estimate of drug-likeness (QED) is 0.424. The Balaban J connectivity index is 1.36. The van der Waals surface area contributed by atoms with Crippen molar-refractivity contribution in [1.29, 1.82) is 0 Å². The summed E-state index contributed by atoms with van der Waals surface area (Å²) in [4.78, 5) is 0. The second kappa shape index (κ2) is 8.69. The monoisotopic (exact) mass is 459 g/mol. The molecule has 0 spiro atoms. The molecule has 1 nitrogen and oxygen atoms in total. The first-order valence-corrected chi connectivity index (χ1v) is 13.6. The number of halogens is 2. The van der Waals surface area contributed by atoms with E-state index >= 15 is 0 Å². The minimum absolute atomic E-state index is 0.278. The van der Waals surface area contributed by atoms with Gasteiger partial charge in [0.05, 0.1) is 0 Å². The van der Waals surface area contributed by atoms with Crippen molar-refractivity contribution in [3.63, 3.8) is 0 Å². The van der Waals surface area contributed by atoms with Crippen molar-refractivity contribution in [2.24, 2.45) is 35.3 Å². The molecule has 5 fully saturated rings. The molecule has 3 heteroatoms. The lowest BCUT2D eigenvalue weighted by Gasteiger charge is -2.55. The summed E-state index contributed by atoms with van der Waals surface area (Å²) in [6, 6.07) is 4.35. The van der Waals surface area contributed by atoms with Crippen LogP contribution in [-0.4, -0.2) is 5.54 Å². The summed E-state index contributed by atoms with van der Waals surface area (Å²) >= 11 is 13.9. The number of nitrogens with two attached hydrogens (primary N) is 1. The van der Waals surface area contributed by atoms with E-state index in [4.69, 9.17) is 28.9 Å². The van der Waals surface area contributed by atoms with E-state index in [0.29, 0.717) is 11.8 Å². The highest BCUT2D eigenvalue weighted by atomic mass is 35.5. The predicted molar refractivity (Wildman–Crippen MR) is 133 cm³/mol. The first-order chi connectivity index (χ1) is 14.9. The van der Waals surface area contributed by atoms with Crippen LogP contribution >= 0.6 is 23.2 Å². The molecule has 5 saturated carbocycles. The molecule has 0 radical (unpaired) electrons. The average molecular weight is 461 g/mol. The molecule has 0 saturated heterocycles. The number of rotatable bonds is 6. The zero-order valence-electron chi connectivity index (χ0n) is 19.1. The molecule has 6 rings (SSSR count). The van der Waals surface area contributed by atoms with Crippen molar-refractivity contribution in [2.45, 2.75) is 95.4 Å². The zero-order chi connectivity index (χ0) is 21.8. The molecule has 4 bridgehead atoms. The Kier molecular flexibility index (Phi) is 6.25. The molecule has 0 aromatic heterocycles. The molecule has 1 aromatic carbocycles. The highest BCUT2D eigenvalue weighted by molar-refractivity contribution is 6.36. The van der Waals surface area contributed by atoms with Gasteiger partial charge in [-0.15, -0.1) is 0 Å². The van der Waals surface area contributed by atoms with Gasteiger partial charge in [-0.05, 0) is 117 Å². The Morgan fingerprint density at radius 3 is 2.03 bits per heavy atom. The van der Waals surface area contributed by atoms with Crippen LogP contribution < -0.4 is 5.73 Å². The van der Waals surface area contributed by atoms with Crippen LogP contribution in [0.4, 0.5) is 0 Å². The molecule has 0 heterocycles. The van der Waals surface area contributed by atoms with Crippen molar-refractivity contribution in [3.8, 4) is 0 Å². The van der Waals surface area contributed by atoms with Gasteiger partial charge in [0, 0.05) is 15.6 Å². The van der Waals surface area contributed by atoms with E-state index in [1.165, 1.54) is 75.3 Å². The lowest BCUT2D eigenvalue weighted by Crippen LogP contribution is -2.49. The van der Waals surface area contributed by atoms with Gasteiger partial charge in [0.1, 0.15) is 0 Å². The van der Waals surface area contributed by atoms with Crippen LogP contribution in [-0.2, 0) is 6.42 Å². The minimum atomic E-state index is -0.278. The third-order valence-electron chi connectivity index (χ3n) is 9.69. The topological polar surface area (TPSA) is 26.0 Å². The second-order valence-corrected chi connectivity index (χ2v) is 12.3. The van der Waals surface area contributed by atoms with Crippen LogP contribution in [0.5, 0.6) is 0 Å². The van der Waals surface area contributed by atoms with Crippen molar-refractivity contribution in [1.82, 2.24) is 0 Å². The maximum atomic E-state index is 7.00. The lowest BCUT2D eigenvalue weighted by atomic mass is 9.50. The smallest absolute Gasteiger partial charge is 0.0458 e. The van der Waals surface area contributed by atoms with E-state index in [1.807, 2.05) is 0 Å². The standard InChI is InChI=1S/C28H39Cl2N/c1-3-28(31,23-7-5-4-6-8-23)17(2)9-18-15-24(29)27(25(30)16-18)26-21-11-19-10-20(13-21)14-22(26)12-19/h15-16,19-23,26H,2-14,31H2,1H3. The normalized spacial score (nSPS) is 34.6. The van der Waals surface area contributed by atoms with Crippen LogP contribution in [0.25, 0.3) is 0 Å².